The SMILES string of the molecule is CN=C(NCC1Cc2ccccc2O1)N1CC(C)(C)C1(C)C. The molecule has 1 aromatic rings. The fraction of sp³-hybridized carbons (Fsp3) is 0.611. The fourth-order valence-corrected chi connectivity index (χ4v) is 3.27. The minimum absolute atomic E-state index is 0.119. The summed E-state index contributed by atoms with van der Waals surface area (Å²) in [6.45, 7) is 11.0. The molecular formula is C18H27N3O. The lowest BCUT2D eigenvalue weighted by Gasteiger charge is -2.62. The van der Waals surface area contributed by atoms with Gasteiger partial charge in [0.15, 0.2) is 5.96 Å². The van der Waals surface area contributed by atoms with Crippen molar-refractivity contribution < 1.29 is 4.74 Å². The van der Waals surface area contributed by atoms with Gasteiger partial charge in [0.25, 0.3) is 0 Å². The zero-order valence-corrected chi connectivity index (χ0v) is 14.3. The molecule has 2 aliphatic heterocycles. The van der Waals surface area contributed by atoms with Crippen LogP contribution in [-0.4, -0.2) is 42.6 Å². The van der Waals surface area contributed by atoms with Crippen molar-refractivity contribution >= 4 is 5.96 Å². The topological polar surface area (TPSA) is 36.9 Å². The molecule has 0 aliphatic carbocycles. The molecule has 0 aromatic heterocycles. The number of benzene rings is 1. The molecule has 1 atom stereocenters. The van der Waals surface area contributed by atoms with Crippen LogP contribution < -0.4 is 10.1 Å². The van der Waals surface area contributed by atoms with Crippen molar-refractivity contribution in [3.63, 3.8) is 0 Å². The van der Waals surface area contributed by atoms with Crippen LogP contribution in [0.3, 0.4) is 0 Å². The summed E-state index contributed by atoms with van der Waals surface area (Å²) in [4.78, 5) is 6.81. The van der Waals surface area contributed by atoms with Crippen LogP contribution in [0.25, 0.3) is 0 Å². The van der Waals surface area contributed by atoms with Crippen molar-refractivity contribution in [1.82, 2.24) is 10.2 Å². The van der Waals surface area contributed by atoms with Crippen LogP contribution >= 0.6 is 0 Å². The molecular weight excluding hydrogens is 274 g/mol. The van der Waals surface area contributed by atoms with Crippen LogP contribution in [0.2, 0.25) is 0 Å². The number of para-hydroxylation sites is 1. The number of hydrogen-bond acceptors (Lipinski definition) is 2. The maximum absolute atomic E-state index is 5.99. The summed E-state index contributed by atoms with van der Waals surface area (Å²) in [7, 11) is 1.86. The number of fused-ring (bicyclic) bond motifs is 1. The highest BCUT2D eigenvalue weighted by molar-refractivity contribution is 5.82. The van der Waals surface area contributed by atoms with Crippen LogP contribution in [0.15, 0.2) is 29.3 Å². The van der Waals surface area contributed by atoms with Gasteiger partial charge in [-0.25, -0.2) is 0 Å². The van der Waals surface area contributed by atoms with E-state index in [1.165, 1.54) is 5.56 Å². The van der Waals surface area contributed by atoms with Crippen LogP contribution in [0, 0.1) is 5.41 Å². The summed E-state index contributed by atoms with van der Waals surface area (Å²) in [5, 5.41) is 3.49. The average molecular weight is 301 g/mol. The Kier molecular flexibility index (Phi) is 3.58. The summed E-state index contributed by atoms with van der Waals surface area (Å²) >= 11 is 0. The summed E-state index contributed by atoms with van der Waals surface area (Å²) in [5.41, 5.74) is 1.73. The van der Waals surface area contributed by atoms with E-state index in [0.29, 0.717) is 5.41 Å². The smallest absolute Gasteiger partial charge is 0.194 e. The van der Waals surface area contributed by atoms with E-state index in [9.17, 15) is 0 Å². The number of ether oxygens (including phenoxy) is 1. The zero-order valence-electron chi connectivity index (χ0n) is 14.3. The van der Waals surface area contributed by atoms with Gasteiger partial charge in [0.1, 0.15) is 11.9 Å². The lowest BCUT2D eigenvalue weighted by Crippen LogP contribution is -2.72. The highest BCUT2D eigenvalue weighted by Crippen LogP contribution is 2.46. The van der Waals surface area contributed by atoms with Gasteiger partial charge in [-0.05, 0) is 25.5 Å². The average Bonchev–Trinajstić information content (AvgIpc) is 2.89. The number of hydrogen-bond donors (Lipinski definition) is 1. The van der Waals surface area contributed by atoms with Crippen LogP contribution in [-0.2, 0) is 6.42 Å². The lowest BCUT2D eigenvalue weighted by molar-refractivity contribution is -0.0669. The monoisotopic (exact) mass is 301 g/mol. The Morgan fingerprint density at radius 2 is 2.05 bits per heavy atom. The van der Waals surface area contributed by atoms with Gasteiger partial charge in [0, 0.05) is 31.0 Å². The summed E-state index contributed by atoms with van der Waals surface area (Å²) in [5.74, 6) is 2.00. The molecule has 1 saturated heterocycles. The second-order valence-electron chi connectivity index (χ2n) is 7.51. The largest absolute Gasteiger partial charge is 0.488 e. The summed E-state index contributed by atoms with van der Waals surface area (Å²) in [6.07, 6.45) is 1.15. The Balaban J connectivity index is 1.58. The number of guanidine groups is 1. The van der Waals surface area contributed by atoms with E-state index in [0.717, 1.165) is 31.2 Å². The van der Waals surface area contributed by atoms with Crippen molar-refractivity contribution in [2.45, 2.75) is 45.8 Å². The Hall–Kier alpha value is -1.71. The normalized spacial score (nSPS) is 25.2. The third-order valence-electron chi connectivity index (χ3n) is 5.55. The molecule has 0 amide bonds. The molecule has 2 heterocycles. The van der Waals surface area contributed by atoms with Gasteiger partial charge in [0.05, 0.1) is 6.54 Å². The predicted molar refractivity (Wildman–Crippen MR) is 90.5 cm³/mol. The third-order valence-corrected chi connectivity index (χ3v) is 5.55. The number of likely N-dealkylation sites (tertiary alicyclic amines) is 1. The molecule has 1 fully saturated rings. The molecule has 22 heavy (non-hydrogen) atoms. The minimum Gasteiger partial charge on any atom is -0.488 e. The van der Waals surface area contributed by atoms with E-state index in [1.807, 2.05) is 19.2 Å². The standard InChI is InChI=1S/C18H27N3O/c1-17(2)12-21(18(17,3)4)16(19-5)20-11-14-10-13-8-6-7-9-15(13)22-14/h6-9,14H,10-12H2,1-5H3,(H,19,20). The Labute approximate surface area is 133 Å². The first-order valence-electron chi connectivity index (χ1n) is 8.08. The van der Waals surface area contributed by atoms with E-state index < -0.39 is 0 Å². The van der Waals surface area contributed by atoms with E-state index in [1.54, 1.807) is 0 Å². The van der Waals surface area contributed by atoms with Crippen LogP contribution in [0.1, 0.15) is 33.3 Å². The number of nitrogens with zero attached hydrogens (tertiary/aromatic N) is 2. The minimum atomic E-state index is 0.119. The lowest BCUT2D eigenvalue weighted by atomic mass is 9.65. The van der Waals surface area contributed by atoms with Crippen molar-refractivity contribution in [1.29, 1.82) is 0 Å². The predicted octanol–water partition coefficient (Wildman–Crippen LogP) is 2.69. The first-order valence-corrected chi connectivity index (χ1v) is 8.08. The molecule has 1 aromatic carbocycles. The molecule has 2 aliphatic rings. The molecule has 0 spiro atoms. The fourth-order valence-electron chi connectivity index (χ4n) is 3.27. The van der Waals surface area contributed by atoms with Crippen molar-refractivity contribution in [2.24, 2.45) is 10.4 Å². The number of aliphatic imine (C=N–C) groups is 1. The zero-order chi connectivity index (χ0) is 16.0. The molecule has 4 heteroatoms. The molecule has 3 rings (SSSR count). The van der Waals surface area contributed by atoms with E-state index in [-0.39, 0.29) is 11.6 Å². The first-order chi connectivity index (χ1) is 10.3. The molecule has 120 valence electrons. The molecule has 0 bridgehead atoms. The van der Waals surface area contributed by atoms with Gasteiger partial charge >= 0.3 is 0 Å². The van der Waals surface area contributed by atoms with E-state index in [4.69, 9.17) is 4.74 Å². The van der Waals surface area contributed by atoms with Crippen LogP contribution in [0.5, 0.6) is 5.75 Å². The maximum atomic E-state index is 5.99. The van der Waals surface area contributed by atoms with Gasteiger partial charge < -0.3 is 15.0 Å². The summed E-state index contributed by atoms with van der Waals surface area (Å²) in [6, 6.07) is 8.29. The van der Waals surface area contributed by atoms with E-state index in [2.05, 4.69) is 55.0 Å². The molecule has 4 nitrogen and oxygen atoms in total. The number of nitrogens with one attached hydrogen (secondary N) is 1. The van der Waals surface area contributed by atoms with Gasteiger partial charge in [-0.15, -0.1) is 0 Å². The summed E-state index contributed by atoms with van der Waals surface area (Å²) < 4.78 is 5.99. The van der Waals surface area contributed by atoms with Gasteiger partial charge in [-0.2, -0.15) is 0 Å². The van der Waals surface area contributed by atoms with Crippen LogP contribution in [0.4, 0.5) is 0 Å². The van der Waals surface area contributed by atoms with Crippen molar-refractivity contribution in [3.05, 3.63) is 29.8 Å². The van der Waals surface area contributed by atoms with Crippen molar-refractivity contribution in [3.8, 4) is 5.75 Å². The number of rotatable bonds is 2. The van der Waals surface area contributed by atoms with Crippen molar-refractivity contribution in [2.75, 3.05) is 20.1 Å². The molecule has 1 N–H and O–H groups in total. The second kappa shape index (κ2) is 5.18. The molecule has 0 saturated carbocycles. The quantitative estimate of drug-likeness (QED) is 0.674. The second-order valence-corrected chi connectivity index (χ2v) is 7.51. The highest BCUT2D eigenvalue weighted by Gasteiger charge is 2.53. The van der Waals surface area contributed by atoms with Gasteiger partial charge in [0.2, 0.25) is 0 Å². The molecule has 1 unspecified atom stereocenters. The molecule has 0 radical (unpaired) electrons. The highest BCUT2D eigenvalue weighted by atomic mass is 16.5. The van der Waals surface area contributed by atoms with E-state index >= 15 is 0 Å². The third kappa shape index (κ3) is 2.34. The Bertz CT molecular complexity index is 567. The van der Waals surface area contributed by atoms with Gasteiger partial charge in [-0.3, -0.25) is 4.99 Å². The van der Waals surface area contributed by atoms with Gasteiger partial charge in [-0.1, -0.05) is 32.0 Å². The first kappa shape index (κ1) is 15.2. The Morgan fingerprint density at radius 3 is 2.64 bits per heavy atom. The Morgan fingerprint density at radius 1 is 1.32 bits per heavy atom. The maximum Gasteiger partial charge on any atom is 0.194 e.